The topological polar surface area (TPSA) is 45.3 Å². The normalized spacial score (nSPS) is 18.6. The van der Waals surface area contributed by atoms with Crippen molar-refractivity contribution in [1.29, 1.82) is 0 Å². The number of rotatable bonds is 1. The third kappa shape index (κ3) is 3.30. The smallest absolute Gasteiger partial charge is 0.410 e. The van der Waals surface area contributed by atoms with Crippen LogP contribution < -0.4 is 0 Å². The number of H-pyrrole nitrogens is 1. The van der Waals surface area contributed by atoms with Crippen molar-refractivity contribution >= 4 is 22.6 Å². The summed E-state index contributed by atoms with van der Waals surface area (Å²) in [6, 6.07) is 4.81. The molecule has 0 saturated carbocycles. The lowest BCUT2D eigenvalue weighted by atomic mass is 9.95. The number of benzene rings is 1. The highest BCUT2D eigenvalue weighted by atomic mass is 19.1. The maximum Gasteiger partial charge on any atom is 0.410 e. The number of nitrogens with one attached hydrogen (secondary N) is 1. The van der Waals surface area contributed by atoms with Crippen LogP contribution in [0.1, 0.15) is 39.7 Å². The SMILES string of the molecule is CC1CC(c2c[nH]c3cc(F)ccc23)=CCN1C(=O)OC(C)(C)C. The van der Waals surface area contributed by atoms with Crippen LogP contribution in [0.3, 0.4) is 0 Å². The van der Waals surface area contributed by atoms with E-state index in [9.17, 15) is 9.18 Å². The van der Waals surface area contributed by atoms with Crippen molar-refractivity contribution in [2.45, 2.75) is 45.8 Å². The number of aromatic nitrogens is 1. The fraction of sp³-hybridized carbons (Fsp3) is 0.421. The van der Waals surface area contributed by atoms with Gasteiger partial charge in [0.2, 0.25) is 0 Å². The van der Waals surface area contributed by atoms with Crippen LogP contribution >= 0.6 is 0 Å². The second kappa shape index (κ2) is 5.96. The highest BCUT2D eigenvalue weighted by Crippen LogP contribution is 2.32. The van der Waals surface area contributed by atoms with Gasteiger partial charge in [-0.15, -0.1) is 0 Å². The average Bonchev–Trinajstić information content (AvgIpc) is 2.87. The molecule has 0 spiro atoms. The summed E-state index contributed by atoms with van der Waals surface area (Å²) in [4.78, 5) is 17.2. The molecule has 1 amide bonds. The fourth-order valence-corrected chi connectivity index (χ4v) is 3.06. The maximum atomic E-state index is 13.3. The minimum absolute atomic E-state index is 0.0465. The second-order valence-electron chi connectivity index (χ2n) is 7.31. The molecular formula is C19H23FN2O2. The van der Waals surface area contributed by atoms with E-state index in [1.54, 1.807) is 11.0 Å². The lowest BCUT2D eigenvalue weighted by molar-refractivity contribution is 0.0199. The summed E-state index contributed by atoms with van der Waals surface area (Å²) in [5.41, 5.74) is 2.52. The minimum Gasteiger partial charge on any atom is -0.444 e. The predicted molar refractivity (Wildman–Crippen MR) is 93.3 cm³/mol. The van der Waals surface area contributed by atoms with Gasteiger partial charge in [0, 0.05) is 35.2 Å². The van der Waals surface area contributed by atoms with Gasteiger partial charge in [-0.3, -0.25) is 0 Å². The summed E-state index contributed by atoms with van der Waals surface area (Å²) in [5, 5.41) is 1.00. The number of fused-ring (bicyclic) bond motifs is 1. The zero-order valence-corrected chi connectivity index (χ0v) is 14.5. The maximum absolute atomic E-state index is 13.3. The van der Waals surface area contributed by atoms with E-state index in [0.29, 0.717) is 6.54 Å². The molecule has 1 aromatic heterocycles. The van der Waals surface area contributed by atoms with Gasteiger partial charge in [-0.25, -0.2) is 9.18 Å². The lowest BCUT2D eigenvalue weighted by Crippen LogP contribution is -2.44. The molecule has 1 unspecified atom stereocenters. The molecular weight excluding hydrogens is 307 g/mol. The second-order valence-corrected chi connectivity index (χ2v) is 7.31. The van der Waals surface area contributed by atoms with Crippen LogP contribution in [0, 0.1) is 5.82 Å². The molecule has 0 aliphatic carbocycles. The van der Waals surface area contributed by atoms with Gasteiger partial charge in [-0.2, -0.15) is 0 Å². The first kappa shape index (κ1) is 16.6. The van der Waals surface area contributed by atoms with Crippen LogP contribution in [-0.2, 0) is 4.74 Å². The van der Waals surface area contributed by atoms with Crippen molar-refractivity contribution in [2.24, 2.45) is 0 Å². The molecule has 5 heteroatoms. The van der Waals surface area contributed by atoms with Gasteiger partial charge in [-0.05, 0) is 57.9 Å². The number of carbonyl (C=O) groups excluding carboxylic acids is 1. The zero-order valence-electron chi connectivity index (χ0n) is 14.5. The third-order valence-electron chi connectivity index (χ3n) is 4.20. The number of aromatic amines is 1. The first-order chi connectivity index (χ1) is 11.2. The van der Waals surface area contributed by atoms with E-state index in [1.165, 1.54) is 17.7 Å². The van der Waals surface area contributed by atoms with Crippen molar-refractivity contribution in [3.63, 3.8) is 0 Å². The number of hydrogen-bond donors (Lipinski definition) is 1. The molecule has 0 radical (unpaired) electrons. The van der Waals surface area contributed by atoms with E-state index in [4.69, 9.17) is 4.74 Å². The molecule has 2 aromatic rings. The van der Waals surface area contributed by atoms with E-state index >= 15 is 0 Å². The molecule has 24 heavy (non-hydrogen) atoms. The number of halogens is 1. The quantitative estimate of drug-likeness (QED) is 0.822. The Balaban J connectivity index is 1.83. The lowest BCUT2D eigenvalue weighted by Gasteiger charge is -2.34. The number of carbonyl (C=O) groups is 1. The van der Waals surface area contributed by atoms with Gasteiger partial charge < -0.3 is 14.6 Å². The Kier molecular flexibility index (Phi) is 4.11. The molecule has 1 aliphatic rings. The van der Waals surface area contributed by atoms with Gasteiger partial charge in [0.15, 0.2) is 0 Å². The summed E-state index contributed by atoms with van der Waals surface area (Å²) in [5.74, 6) is -0.252. The first-order valence-electron chi connectivity index (χ1n) is 8.20. The van der Waals surface area contributed by atoms with Crippen molar-refractivity contribution in [3.8, 4) is 0 Å². The van der Waals surface area contributed by atoms with Crippen molar-refractivity contribution in [3.05, 3.63) is 41.9 Å². The van der Waals surface area contributed by atoms with E-state index in [1.807, 2.05) is 33.9 Å². The van der Waals surface area contributed by atoms with Crippen molar-refractivity contribution in [1.82, 2.24) is 9.88 Å². The van der Waals surface area contributed by atoms with Gasteiger partial charge in [0.25, 0.3) is 0 Å². The minimum atomic E-state index is -0.498. The number of amides is 1. The zero-order chi connectivity index (χ0) is 17.5. The predicted octanol–water partition coefficient (Wildman–Crippen LogP) is 4.72. The number of ether oxygens (including phenoxy) is 1. The molecule has 1 aromatic carbocycles. The van der Waals surface area contributed by atoms with E-state index in [2.05, 4.69) is 11.1 Å². The highest BCUT2D eigenvalue weighted by molar-refractivity contribution is 5.93. The monoisotopic (exact) mass is 330 g/mol. The molecule has 1 N–H and O–H groups in total. The number of hydrogen-bond acceptors (Lipinski definition) is 2. The van der Waals surface area contributed by atoms with Gasteiger partial charge in [0.1, 0.15) is 11.4 Å². The van der Waals surface area contributed by atoms with Crippen molar-refractivity contribution < 1.29 is 13.9 Å². The molecule has 0 fully saturated rings. The summed E-state index contributed by atoms with van der Waals surface area (Å²) >= 11 is 0. The van der Waals surface area contributed by atoms with Crippen LogP contribution in [0.2, 0.25) is 0 Å². The molecule has 0 saturated heterocycles. The highest BCUT2D eigenvalue weighted by Gasteiger charge is 2.29. The number of nitrogens with zero attached hydrogens (tertiary/aromatic N) is 1. The first-order valence-corrected chi connectivity index (χ1v) is 8.20. The Labute approximate surface area is 141 Å². The fourth-order valence-electron chi connectivity index (χ4n) is 3.06. The van der Waals surface area contributed by atoms with Crippen LogP contribution in [0.15, 0.2) is 30.5 Å². The third-order valence-corrected chi connectivity index (χ3v) is 4.20. The van der Waals surface area contributed by atoms with Gasteiger partial charge in [0.05, 0.1) is 0 Å². The molecule has 0 bridgehead atoms. The largest absolute Gasteiger partial charge is 0.444 e. The Morgan fingerprint density at radius 2 is 2.12 bits per heavy atom. The van der Waals surface area contributed by atoms with Gasteiger partial charge >= 0.3 is 6.09 Å². The molecule has 3 rings (SSSR count). The average molecular weight is 330 g/mol. The molecule has 128 valence electrons. The summed E-state index contributed by atoms with van der Waals surface area (Å²) in [6.45, 7) is 8.13. The van der Waals surface area contributed by atoms with Gasteiger partial charge in [-0.1, -0.05) is 6.08 Å². The molecule has 2 heterocycles. The van der Waals surface area contributed by atoms with Crippen LogP contribution in [-0.4, -0.2) is 34.2 Å². The molecule has 4 nitrogen and oxygen atoms in total. The Bertz CT molecular complexity index is 801. The van der Waals surface area contributed by atoms with Crippen LogP contribution in [0.5, 0.6) is 0 Å². The standard InChI is InChI=1S/C19H23FN2O2/c1-12-9-13(7-8-22(12)18(23)24-19(2,3)4)16-11-21-17-10-14(20)5-6-15(16)17/h5-7,10-12,21H,8-9H2,1-4H3. The van der Waals surface area contributed by atoms with Crippen LogP contribution in [0.4, 0.5) is 9.18 Å². The Morgan fingerprint density at radius 1 is 1.38 bits per heavy atom. The summed E-state index contributed by atoms with van der Waals surface area (Å²) in [7, 11) is 0. The Morgan fingerprint density at radius 3 is 2.79 bits per heavy atom. The van der Waals surface area contributed by atoms with E-state index in [-0.39, 0.29) is 18.0 Å². The molecule has 1 atom stereocenters. The van der Waals surface area contributed by atoms with Crippen molar-refractivity contribution in [2.75, 3.05) is 6.54 Å². The van der Waals surface area contributed by atoms with Crippen LogP contribution in [0.25, 0.3) is 16.5 Å². The summed E-state index contributed by atoms with van der Waals surface area (Å²) < 4.78 is 18.8. The van der Waals surface area contributed by atoms with E-state index in [0.717, 1.165) is 22.9 Å². The molecule has 1 aliphatic heterocycles. The summed E-state index contributed by atoms with van der Waals surface area (Å²) in [6.07, 6.45) is 4.41. The van der Waals surface area contributed by atoms with E-state index < -0.39 is 5.60 Å². The Hall–Kier alpha value is -2.30.